The second-order valence-corrected chi connectivity index (χ2v) is 8.88. The zero-order chi connectivity index (χ0) is 21.6. The molecule has 0 amide bonds. The first-order valence-corrected chi connectivity index (χ1v) is 11.6. The van der Waals surface area contributed by atoms with Crippen LogP contribution in [0.15, 0.2) is 66.7 Å². The van der Waals surface area contributed by atoms with Crippen molar-refractivity contribution in [3.63, 3.8) is 0 Å². The second kappa shape index (κ2) is 9.97. The highest BCUT2D eigenvalue weighted by molar-refractivity contribution is 5.85. The monoisotopic (exact) mass is 410 g/mol. The Kier molecular flexibility index (Phi) is 6.88. The number of hydrogen-bond donors (Lipinski definition) is 0. The SMILES string of the molecule is C/C=C/CCC1CCC(c2ccc3cc(C#Cc4ccc(C)cc4)ccc3c2F)CC1. The first kappa shape index (κ1) is 21.4. The van der Waals surface area contributed by atoms with Crippen molar-refractivity contribution >= 4 is 10.8 Å². The summed E-state index contributed by atoms with van der Waals surface area (Å²) in [6.45, 7) is 4.15. The van der Waals surface area contributed by atoms with Crippen LogP contribution in [0.2, 0.25) is 0 Å². The summed E-state index contributed by atoms with van der Waals surface area (Å²) in [5.74, 6) is 7.54. The summed E-state index contributed by atoms with van der Waals surface area (Å²) >= 11 is 0. The Morgan fingerprint density at radius 1 is 0.903 bits per heavy atom. The maximum absolute atomic E-state index is 15.4. The number of aryl methyl sites for hydroxylation is 1. The molecule has 1 aliphatic rings. The van der Waals surface area contributed by atoms with E-state index in [0.717, 1.165) is 40.8 Å². The third-order valence-corrected chi connectivity index (χ3v) is 6.65. The molecule has 0 bridgehead atoms. The van der Waals surface area contributed by atoms with Crippen molar-refractivity contribution in [3.8, 4) is 11.8 Å². The zero-order valence-corrected chi connectivity index (χ0v) is 18.6. The van der Waals surface area contributed by atoms with Crippen molar-refractivity contribution in [2.45, 2.75) is 58.3 Å². The van der Waals surface area contributed by atoms with E-state index in [-0.39, 0.29) is 5.82 Å². The zero-order valence-electron chi connectivity index (χ0n) is 18.6. The Hall–Kier alpha value is -2.85. The van der Waals surface area contributed by atoms with Crippen molar-refractivity contribution < 1.29 is 4.39 Å². The van der Waals surface area contributed by atoms with E-state index >= 15 is 4.39 Å². The van der Waals surface area contributed by atoms with Crippen molar-refractivity contribution in [1.82, 2.24) is 0 Å². The molecule has 0 atom stereocenters. The van der Waals surface area contributed by atoms with Crippen molar-refractivity contribution in [1.29, 1.82) is 0 Å². The molecule has 0 heterocycles. The number of allylic oxidation sites excluding steroid dienone is 2. The summed E-state index contributed by atoms with van der Waals surface area (Å²) in [5, 5.41) is 1.64. The van der Waals surface area contributed by atoms with Crippen LogP contribution in [0.3, 0.4) is 0 Å². The number of rotatable bonds is 4. The van der Waals surface area contributed by atoms with Crippen LogP contribution in [0.4, 0.5) is 4.39 Å². The lowest BCUT2D eigenvalue weighted by atomic mass is 9.76. The van der Waals surface area contributed by atoms with Crippen molar-refractivity contribution in [2.24, 2.45) is 5.92 Å². The molecule has 0 spiro atoms. The van der Waals surface area contributed by atoms with Gasteiger partial charge < -0.3 is 0 Å². The van der Waals surface area contributed by atoms with Gasteiger partial charge in [0.05, 0.1) is 0 Å². The van der Waals surface area contributed by atoms with E-state index in [2.05, 4.69) is 56.0 Å². The molecule has 0 nitrogen and oxygen atoms in total. The van der Waals surface area contributed by atoms with Gasteiger partial charge in [-0.25, -0.2) is 4.39 Å². The predicted molar refractivity (Wildman–Crippen MR) is 130 cm³/mol. The van der Waals surface area contributed by atoms with Gasteiger partial charge >= 0.3 is 0 Å². The molecule has 1 fully saturated rings. The molecule has 4 rings (SSSR count). The first-order valence-electron chi connectivity index (χ1n) is 11.6. The molecule has 31 heavy (non-hydrogen) atoms. The van der Waals surface area contributed by atoms with Crippen LogP contribution >= 0.6 is 0 Å². The van der Waals surface area contributed by atoms with Gasteiger partial charge in [0.2, 0.25) is 0 Å². The molecular weight excluding hydrogens is 379 g/mol. The lowest BCUT2D eigenvalue weighted by Crippen LogP contribution is -2.14. The maximum Gasteiger partial charge on any atom is 0.134 e. The highest BCUT2D eigenvalue weighted by atomic mass is 19.1. The van der Waals surface area contributed by atoms with Gasteiger partial charge in [0, 0.05) is 16.5 Å². The van der Waals surface area contributed by atoms with Crippen LogP contribution < -0.4 is 0 Å². The van der Waals surface area contributed by atoms with E-state index in [9.17, 15) is 0 Å². The van der Waals surface area contributed by atoms with Crippen LogP contribution in [0.25, 0.3) is 10.8 Å². The van der Waals surface area contributed by atoms with E-state index in [1.807, 2.05) is 36.4 Å². The van der Waals surface area contributed by atoms with Gasteiger partial charge in [0.15, 0.2) is 0 Å². The lowest BCUT2D eigenvalue weighted by molar-refractivity contribution is 0.308. The van der Waals surface area contributed by atoms with E-state index in [1.165, 1.54) is 31.2 Å². The molecule has 3 aromatic rings. The average molecular weight is 411 g/mol. The normalized spacial score (nSPS) is 18.8. The van der Waals surface area contributed by atoms with Gasteiger partial charge in [-0.1, -0.05) is 59.9 Å². The summed E-state index contributed by atoms with van der Waals surface area (Å²) in [4.78, 5) is 0. The van der Waals surface area contributed by atoms with Gasteiger partial charge in [-0.3, -0.25) is 0 Å². The largest absolute Gasteiger partial charge is 0.206 e. The molecule has 1 heteroatoms. The molecule has 1 aliphatic carbocycles. The third kappa shape index (κ3) is 5.26. The molecule has 1 saturated carbocycles. The van der Waals surface area contributed by atoms with E-state index < -0.39 is 0 Å². The van der Waals surface area contributed by atoms with Gasteiger partial charge in [-0.2, -0.15) is 0 Å². The van der Waals surface area contributed by atoms with Crippen LogP contribution in [-0.4, -0.2) is 0 Å². The van der Waals surface area contributed by atoms with Crippen LogP contribution in [0.1, 0.15) is 73.6 Å². The average Bonchev–Trinajstić information content (AvgIpc) is 2.80. The van der Waals surface area contributed by atoms with Crippen molar-refractivity contribution in [3.05, 3.63) is 94.8 Å². The van der Waals surface area contributed by atoms with Gasteiger partial charge in [-0.05, 0) is 99.4 Å². The Labute approximate surface area is 186 Å². The summed E-state index contributed by atoms with van der Waals surface area (Å²) in [7, 11) is 0. The Morgan fingerprint density at radius 2 is 1.61 bits per heavy atom. The molecular formula is C30H31F. The van der Waals surface area contributed by atoms with E-state index in [1.54, 1.807) is 0 Å². The first-order chi connectivity index (χ1) is 15.1. The minimum Gasteiger partial charge on any atom is -0.206 e. The molecule has 0 aromatic heterocycles. The molecule has 0 saturated heterocycles. The van der Waals surface area contributed by atoms with Crippen LogP contribution in [-0.2, 0) is 0 Å². The highest BCUT2D eigenvalue weighted by Crippen LogP contribution is 2.39. The minimum atomic E-state index is -0.0343. The van der Waals surface area contributed by atoms with Gasteiger partial charge in [0.25, 0.3) is 0 Å². The van der Waals surface area contributed by atoms with Crippen LogP contribution in [0.5, 0.6) is 0 Å². The third-order valence-electron chi connectivity index (χ3n) is 6.65. The summed E-state index contributed by atoms with van der Waals surface area (Å²) in [6.07, 6.45) is 11.5. The van der Waals surface area contributed by atoms with E-state index in [0.29, 0.717) is 11.3 Å². The fraction of sp³-hybridized carbons (Fsp3) is 0.333. The molecule has 158 valence electrons. The summed E-state index contributed by atoms with van der Waals surface area (Å²) in [6, 6.07) is 18.1. The van der Waals surface area contributed by atoms with Crippen molar-refractivity contribution in [2.75, 3.05) is 0 Å². The lowest BCUT2D eigenvalue weighted by Gasteiger charge is -2.29. The molecule has 3 aromatic carbocycles. The molecule has 0 unspecified atom stereocenters. The van der Waals surface area contributed by atoms with Gasteiger partial charge in [0.1, 0.15) is 5.82 Å². The standard InChI is InChI=1S/C30H31F/c1-3-4-5-6-23-13-16-26(17-14-23)28-20-18-27-21-25(15-19-29(27)30(28)31)12-11-24-9-7-22(2)8-10-24/h3-4,7-10,15,18-21,23,26H,5-6,13-14,16-17H2,1-2H3/b4-3+. The quantitative estimate of drug-likeness (QED) is 0.300. The molecule has 0 N–H and O–H groups in total. The number of halogens is 1. The Bertz CT molecular complexity index is 1120. The minimum absolute atomic E-state index is 0.0343. The van der Waals surface area contributed by atoms with Gasteiger partial charge in [-0.15, -0.1) is 0 Å². The smallest absolute Gasteiger partial charge is 0.134 e. The highest BCUT2D eigenvalue weighted by Gasteiger charge is 2.24. The predicted octanol–water partition coefficient (Wildman–Crippen LogP) is 8.32. The second-order valence-electron chi connectivity index (χ2n) is 8.88. The topological polar surface area (TPSA) is 0 Å². The fourth-order valence-corrected chi connectivity index (χ4v) is 4.74. The maximum atomic E-state index is 15.4. The molecule has 0 radical (unpaired) electrons. The number of benzene rings is 3. The van der Waals surface area contributed by atoms with Crippen LogP contribution in [0, 0.1) is 30.5 Å². The van der Waals surface area contributed by atoms with E-state index in [4.69, 9.17) is 0 Å². The fourth-order valence-electron chi connectivity index (χ4n) is 4.74. The summed E-state index contributed by atoms with van der Waals surface area (Å²) in [5.41, 5.74) is 4.04. The summed E-state index contributed by atoms with van der Waals surface area (Å²) < 4.78 is 15.4. The number of fused-ring (bicyclic) bond motifs is 1. The Morgan fingerprint density at radius 3 is 2.35 bits per heavy atom. The number of hydrogen-bond acceptors (Lipinski definition) is 0. The Balaban J connectivity index is 1.48. The molecule has 0 aliphatic heterocycles.